The zero-order valence-corrected chi connectivity index (χ0v) is 10.3. The van der Waals surface area contributed by atoms with E-state index in [9.17, 15) is 9.50 Å². The number of β-amino-alcohol motifs (C(OH)–C–C–N with tert-alkyl or cyclic N) is 1. The Hall–Kier alpha value is -2.01. The molecule has 3 rings (SSSR count). The summed E-state index contributed by atoms with van der Waals surface area (Å²) in [5.74, 6) is 0.474. The van der Waals surface area contributed by atoms with Gasteiger partial charge < -0.3 is 10.0 Å². The third-order valence-electron chi connectivity index (χ3n) is 3.38. The molecule has 1 aromatic heterocycles. The third kappa shape index (κ3) is 2.42. The van der Waals surface area contributed by atoms with Crippen LogP contribution in [-0.2, 0) is 0 Å². The molecule has 0 unspecified atom stereocenters. The highest BCUT2D eigenvalue weighted by Gasteiger charge is 2.32. The summed E-state index contributed by atoms with van der Waals surface area (Å²) in [5, 5.41) is 9.88. The normalized spacial score (nSPS) is 22.7. The fourth-order valence-corrected chi connectivity index (χ4v) is 2.51. The Morgan fingerprint density at radius 3 is 2.68 bits per heavy atom. The molecule has 5 heteroatoms. The number of rotatable bonds is 2. The second kappa shape index (κ2) is 4.93. The van der Waals surface area contributed by atoms with Gasteiger partial charge >= 0.3 is 0 Å². The molecule has 98 valence electrons. The molecule has 1 fully saturated rings. The molecule has 1 saturated heterocycles. The lowest BCUT2D eigenvalue weighted by Crippen LogP contribution is -2.25. The van der Waals surface area contributed by atoms with Crippen molar-refractivity contribution in [3.05, 3.63) is 54.2 Å². The van der Waals surface area contributed by atoms with E-state index < -0.39 is 6.10 Å². The number of aromatic nitrogens is 2. The number of nitrogens with zero attached hydrogens (tertiary/aromatic N) is 3. The SMILES string of the molecule is O[C@@H]1C[C@H](c2ccc(F)cc2)N(c2cnccn2)C1. The van der Waals surface area contributed by atoms with Gasteiger partial charge in [-0.1, -0.05) is 12.1 Å². The summed E-state index contributed by atoms with van der Waals surface area (Å²) in [4.78, 5) is 10.3. The van der Waals surface area contributed by atoms with Crippen molar-refractivity contribution in [2.24, 2.45) is 0 Å². The first kappa shape index (κ1) is 12.0. The molecule has 1 N–H and O–H groups in total. The molecule has 19 heavy (non-hydrogen) atoms. The molecule has 0 spiro atoms. The van der Waals surface area contributed by atoms with Crippen LogP contribution in [0.15, 0.2) is 42.9 Å². The van der Waals surface area contributed by atoms with Gasteiger partial charge in [0.15, 0.2) is 0 Å². The quantitative estimate of drug-likeness (QED) is 0.895. The first-order valence-corrected chi connectivity index (χ1v) is 6.20. The van der Waals surface area contributed by atoms with Gasteiger partial charge in [0.25, 0.3) is 0 Å². The van der Waals surface area contributed by atoms with Gasteiger partial charge in [0.2, 0.25) is 0 Å². The number of halogens is 1. The maximum Gasteiger partial charge on any atom is 0.147 e. The van der Waals surface area contributed by atoms with Crippen molar-refractivity contribution in [3.63, 3.8) is 0 Å². The van der Waals surface area contributed by atoms with Crippen LogP contribution in [0.3, 0.4) is 0 Å². The van der Waals surface area contributed by atoms with Crippen molar-refractivity contribution in [2.75, 3.05) is 11.4 Å². The monoisotopic (exact) mass is 259 g/mol. The van der Waals surface area contributed by atoms with Crippen molar-refractivity contribution in [3.8, 4) is 0 Å². The predicted molar refractivity (Wildman–Crippen MR) is 69.1 cm³/mol. The minimum absolute atomic E-state index is 0.00676. The van der Waals surface area contributed by atoms with Crippen molar-refractivity contribution < 1.29 is 9.50 Å². The van der Waals surface area contributed by atoms with Crippen molar-refractivity contribution >= 4 is 5.82 Å². The van der Waals surface area contributed by atoms with E-state index >= 15 is 0 Å². The molecule has 4 nitrogen and oxygen atoms in total. The molecule has 0 saturated carbocycles. The van der Waals surface area contributed by atoms with Crippen molar-refractivity contribution in [1.82, 2.24) is 9.97 Å². The summed E-state index contributed by atoms with van der Waals surface area (Å²) < 4.78 is 13.0. The zero-order valence-electron chi connectivity index (χ0n) is 10.3. The molecule has 1 aliphatic rings. The van der Waals surface area contributed by atoms with Crippen LogP contribution in [0.25, 0.3) is 0 Å². The smallest absolute Gasteiger partial charge is 0.147 e. The van der Waals surface area contributed by atoms with Gasteiger partial charge in [-0.3, -0.25) is 4.98 Å². The lowest BCUT2D eigenvalue weighted by atomic mass is 10.0. The fraction of sp³-hybridized carbons (Fsp3) is 0.286. The Bertz CT molecular complexity index is 546. The van der Waals surface area contributed by atoms with Crippen LogP contribution >= 0.6 is 0 Å². The second-order valence-corrected chi connectivity index (χ2v) is 4.67. The lowest BCUT2D eigenvalue weighted by Gasteiger charge is -2.25. The number of anilines is 1. The van der Waals surface area contributed by atoms with Crippen molar-refractivity contribution in [1.29, 1.82) is 0 Å². The van der Waals surface area contributed by atoms with E-state index in [0.717, 1.165) is 11.4 Å². The zero-order chi connectivity index (χ0) is 13.2. The van der Waals surface area contributed by atoms with E-state index in [1.165, 1.54) is 12.1 Å². The summed E-state index contributed by atoms with van der Waals surface area (Å²) in [6.07, 6.45) is 5.12. The fourth-order valence-electron chi connectivity index (χ4n) is 2.51. The Balaban J connectivity index is 1.92. The summed E-state index contributed by atoms with van der Waals surface area (Å²) in [6.45, 7) is 0.515. The van der Waals surface area contributed by atoms with Gasteiger partial charge in [-0.2, -0.15) is 0 Å². The van der Waals surface area contributed by atoms with Gasteiger partial charge in [-0.05, 0) is 24.1 Å². The van der Waals surface area contributed by atoms with Gasteiger partial charge in [0.05, 0.1) is 18.3 Å². The average Bonchev–Trinajstić information content (AvgIpc) is 2.83. The Labute approximate surface area is 110 Å². The highest BCUT2D eigenvalue weighted by atomic mass is 19.1. The summed E-state index contributed by atoms with van der Waals surface area (Å²) in [7, 11) is 0. The number of aliphatic hydroxyl groups is 1. The highest BCUT2D eigenvalue weighted by Crippen LogP contribution is 2.34. The molecule has 2 heterocycles. The van der Waals surface area contributed by atoms with Crippen LogP contribution in [0.2, 0.25) is 0 Å². The van der Waals surface area contributed by atoms with E-state index in [-0.39, 0.29) is 11.9 Å². The Morgan fingerprint density at radius 1 is 1.21 bits per heavy atom. The van der Waals surface area contributed by atoms with E-state index in [1.807, 2.05) is 4.90 Å². The molecular formula is C14H14FN3O. The maximum atomic E-state index is 13.0. The first-order chi connectivity index (χ1) is 9.24. The third-order valence-corrected chi connectivity index (χ3v) is 3.38. The van der Waals surface area contributed by atoms with E-state index in [0.29, 0.717) is 13.0 Å². The molecule has 0 radical (unpaired) electrons. The first-order valence-electron chi connectivity index (χ1n) is 6.20. The largest absolute Gasteiger partial charge is 0.391 e. The summed E-state index contributed by atoms with van der Waals surface area (Å²) in [5.41, 5.74) is 0.976. The van der Waals surface area contributed by atoms with E-state index in [1.54, 1.807) is 30.7 Å². The lowest BCUT2D eigenvalue weighted by molar-refractivity contribution is 0.194. The molecule has 0 aliphatic carbocycles. The van der Waals surface area contributed by atoms with Crippen LogP contribution in [0, 0.1) is 5.82 Å². The molecule has 0 amide bonds. The van der Waals surface area contributed by atoms with Crippen LogP contribution in [0.4, 0.5) is 10.2 Å². The van der Waals surface area contributed by atoms with Gasteiger partial charge in [0.1, 0.15) is 11.6 Å². The topological polar surface area (TPSA) is 49.2 Å². The minimum atomic E-state index is -0.406. The summed E-state index contributed by atoms with van der Waals surface area (Å²) >= 11 is 0. The second-order valence-electron chi connectivity index (χ2n) is 4.67. The molecule has 0 bridgehead atoms. The standard InChI is InChI=1S/C14H14FN3O/c15-11-3-1-10(2-4-11)13-7-12(19)9-18(13)14-8-16-5-6-17-14/h1-6,8,12-13,19H,7,9H2/t12-,13-/m1/s1. The minimum Gasteiger partial charge on any atom is -0.391 e. The van der Waals surface area contributed by atoms with E-state index in [4.69, 9.17) is 0 Å². The van der Waals surface area contributed by atoms with Crippen LogP contribution in [0.1, 0.15) is 18.0 Å². The van der Waals surface area contributed by atoms with Gasteiger partial charge in [-0.25, -0.2) is 9.37 Å². The van der Waals surface area contributed by atoms with Gasteiger partial charge in [0, 0.05) is 18.9 Å². The molecule has 1 aliphatic heterocycles. The number of hydrogen-bond donors (Lipinski definition) is 1. The number of benzene rings is 1. The molecule has 2 aromatic rings. The van der Waals surface area contributed by atoms with E-state index in [2.05, 4.69) is 9.97 Å². The maximum absolute atomic E-state index is 13.0. The summed E-state index contributed by atoms with van der Waals surface area (Å²) in [6, 6.07) is 6.39. The molecular weight excluding hydrogens is 245 g/mol. The Morgan fingerprint density at radius 2 is 2.00 bits per heavy atom. The number of aliphatic hydroxyl groups excluding tert-OH is 1. The molecule has 1 aromatic carbocycles. The van der Waals surface area contributed by atoms with Gasteiger partial charge in [-0.15, -0.1) is 0 Å². The number of hydrogen-bond acceptors (Lipinski definition) is 4. The van der Waals surface area contributed by atoms with Crippen LogP contribution < -0.4 is 4.90 Å². The van der Waals surface area contributed by atoms with Crippen molar-refractivity contribution in [2.45, 2.75) is 18.6 Å². The highest BCUT2D eigenvalue weighted by molar-refractivity contribution is 5.42. The average molecular weight is 259 g/mol. The molecule has 2 atom stereocenters. The van der Waals surface area contributed by atoms with Crippen LogP contribution in [-0.4, -0.2) is 27.7 Å². The predicted octanol–water partition coefficient (Wildman–Crippen LogP) is 1.93. The Kier molecular flexibility index (Phi) is 3.13. The van der Waals surface area contributed by atoms with Crippen LogP contribution in [0.5, 0.6) is 0 Å².